The summed E-state index contributed by atoms with van der Waals surface area (Å²) in [7, 11) is 0. The van der Waals surface area contributed by atoms with Gasteiger partial charge in [-0.1, -0.05) is 35.9 Å². The zero-order chi connectivity index (χ0) is 13.8. The van der Waals surface area contributed by atoms with Crippen molar-refractivity contribution >= 4 is 11.6 Å². The molecule has 0 saturated carbocycles. The van der Waals surface area contributed by atoms with Crippen molar-refractivity contribution in [1.82, 2.24) is 0 Å². The van der Waals surface area contributed by atoms with Crippen molar-refractivity contribution in [3.63, 3.8) is 0 Å². The zero-order valence-corrected chi connectivity index (χ0v) is 10.4. The standard InChI is InChI=1S/C15H13F2NO/c1-10-4-2-5-11(8-10)9-14(19)18-15-12(16)6-3-7-13(15)17/h2-8H,9H2,1H3,(H,18,19). The normalized spacial score (nSPS) is 10.3. The van der Waals surface area contributed by atoms with Gasteiger partial charge < -0.3 is 5.32 Å². The van der Waals surface area contributed by atoms with Gasteiger partial charge in [-0.15, -0.1) is 0 Å². The molecular formula is C15H13F2NO. The van der Waals surface area contributed by atoms with Crippen LogP contribution in [0.4, 0.5) is 14.5 Å². The first-order valence-electron chi connectivity index (χ1n) is 5.85. The number of hydrogen-bond acceptors (Lipinski definition) is 1. The Bertz CT molecular complexity index is 591. The van der Waals surface area contributed by atoms with Gasteiger partial charge in [0.05, 0.1) is 6.42 Å². The summed E-state index contributed by atoms with van der Waals surface area (Å²) in [5.41, 5.74) is 1.43. The molecule has 2 nitrogen and oxygen atoms in total. The predicted molar refractivity (Wildman–Crippen MR) is 69.9 cm³/mol. The van der Waals surface area contributed by atoms with Crippen LogP contribution in [0.2, 0.25) is 0 Å². The smallest absolute Gasteiger partial charge is 0.228 e. The van der Waals surface area contributed by atoms with Crippen LogP contribution in [-0.2, 0) is 11.2 Å². The third-order valence-electron chi connectivity index (χ3n) is 2.67. The molecule has 0 bridgehead atoms. The van der Waals surface area contributed by atoms with E-state index >= 15 is 0 Å². The van der Waals surface area contributed by atoms with E-state index in [-0.39, 0.29) is 6.42 Å². The largest absolute Gasteiger partial charge is 0.321 e. The minimum absolute atomic E-state index is 0.0788. The van der Waals surface area contributed by atoms with E-state index in [1.165, 1.54) is 6.07 Å². The predicted octanol–water partition coefficient (Wildman–Crippen LogP) is 3.45. The van der Waals surface area contributed by atoms with Gasteiger partial charge in [-0.05, 0) is 24.6 Å². The molecule has 1 amide bonds. The highest BCUT2D eigenvalue weighted by Gasteiger charge is 2.12. The summed E-state index contributed by atoms with van der Waals surface area (Å²) >= 11 is 0. The Kier molecular flexibility index (Phi) is 3.90. The molecule has 2 aromatic rings. The number of benzene rings is 2. The van der Waals surface area contributed by atoms with Gasteiger partial charge in [0.2, 0.25) is 5.91 Å². The molecule has 0 aliphatic carbocycles. The number of halogens is 2. The molecular weight excluding hydrogens is 248 g/mol. The summed E-state index contributed by atoms with van der Waals surface area (Å²) in [4.78, 5) is 11.8. The highest BCUT2D eigenvalue weighted by atomic mass is 19.1. The fraction of sp³-hybridized carbons (Fsp3) is 0.133. The van der Waals surface area contributed by atoms with Gasteiger partial charge in [0.1, 0.15) is 17.3 Å². The highest BCUT2D eigenvalue weighted by Crippen LogP contribution is 2.18. The molecule has 0 aliphatic rings. The minimum atomic E-state index is -0.780. The highest BCUT2D eigenvalue weighted by molar-refractivity contribution is 5.92. The molecule has 0 aliphatic heterocycles. The molecule has 2 aromatic carbocycles. The zero-order valence-electron chi connectivity index (χ0n) is 10.4. The molecule has 1 N–H and O–H groups in total. The quantitative estimate of drug-likeness (QED) is 0.900. The van der Waals surface area contributed by atoms with Gasteiger partial charge in [0.25, 0.3) is 0 Å². The summed E-state index contributed by atoms with van der Waals surface area (Å²) in [5, 5.41) is 2.26. The van der Waals surface area contributed by atoms with Crippen LogP contribution in [0.5, 0.6) is 0 Å². The number of rotatable bonds is 3. The number of amides is 1. The third-order valence-corrected chi connectivity index (χ3v) is 2.67. The summed E-state index contributed by atoms with van der Waals surface area (Å²) in [5.74, 6) is -2.01. The molecule has 98 valence electrons. The summed E-state index contributed by atoms with van der Waals surface area (Å²) < 4.78 is 26.7. The van der Waals surface area contributed by atoms with E-state index in [1.807, 2.05) is 25.1 Å². The fourth-order valence-electron chi connectivity index (χ4n) is 1.81. The molecule has 0 radical (unpaired) electrons. The van der Waals surface area contributed by atoms with Crippen LogP contribution in [0.3, 0.4) is 0 Å². The number of anilines is 1. The van der Waals surface area contributed by atoms with Gasteiger partial charge in [-0.25, -0.2) is 8.78 Å². The lowest BCUT2D eigenvalue weighted by atomic mass is 10.1. The molecule has 0 saturated heterocycles. The van der Waals surface area contributed by atoms with Crippen molar-refractivity contribution in [3.05, 3.63) is 65.2 Å². The Balaban J connectivity index is 2.10. The second-order valence-corrected chi connectivity index (χ2v) is 4.31. The summed E-state index contributed by atoms with van der Waals surface area (Å²) in [6.07, 6.45) is 0.0788. The topological polar surface area (TPSA) is 29.1 Å². The maximum atomic E-state index is 13.4. The van der Waals surface area contributed by atoms with Crippen molar-refractivity contribution in [2.75, 3.05) is 5.32 Å². The maximum absolute atomic E-state index is 13.4. The Morgan fingerprint density at radius 2 is 1.74 bits per heavy atom. The first-order chi connectivity index (χ1) is 9.06. The Morgan fingerprint density at radius 3 is 2.37 bits per heavy atom. The van der Waals surface area contributed by atoms with E-state index in [9.17, 15) is 13.6 Å². The lowest BCUT2D eigenvalue weighted by molar-refractivity contribution is -0.115. The molecule has 0 heterocycles. The van der Waals surface area contributed by atoms with Gasteiger partial charge in [-0.3, -0.25) is 4.79 Å². The molecule has 0 aromatic heterocycles. The number of aryl methyl sites for hydroxylation is 1. The first-order valence-corrected chi connectivity index (χ1v) is 5.85. The van der Waals surface area contributed by atoms with E-state index < -0.39 is 23.2 Å². The van der Waals surface area contributed by atoms with Crippen LogP contribution in [-0.4, -0.2) is 5.91 Å². The summed E-state index contributed by atoms with van der Waals surface area (Å²) in [6.45, 7) is 1.91. The maximum Gasteiger partial charge on any atom is 0.228 e. The van der Waals surface area contributed by atoms with Gasteiger partial charge in [0.15, 0.2) is 0 Å². The second-order valence-electron chi connectivity index (χ2n) is 4.31. The number of carbonyl (C=O) groups is 1. The molecule has 0 atom stereocenters. The second kappa shape index (κ2) is 5.61. The van der Waals surface area contributed by atoms with Crippen LogP contribution in [0, 0.1) is 18.6 Å². The lowest BCUT2D eigenvalue weighted by Gasteiger charge is -2.07. The van der Waals surface area contributed by atoms with Crippen molar-refractivity contribution in [2.24, 2.45) is 0 Å². The van der Waals surface area contributed by atoms with Crippen LogP contribution < -0.4 is 5.32 Å². The van der Waals surface area contributed by atoms with Crippen LogP contribution >= 0.6 is 0 Å². The molecule has 19 heavy (non-hydrogen) atoms. The Hall–Kier alpha value is -2.23. The number of carbonyl (C=O) groups excluding carboxylic acids is 1. The average Bonchev–Trinajstić information content (AvgIpc) is 2.34. The molecule has 0 spiro atoms. The molecule has 0 fully saturated rings. The van der Waals surface area contributed by atoms with Crippen LogP contribution in [0.25, 0.3) is 0 Å². The third kappa shape index (κ3) is 3.37. The van der Waals surface area contributed by atoms with E-state index in [2.05, 4.69) is 5.32 Å². The average molecular weight is 261 g/mol. The van der Waals surface area contributed by atoms with Crippen molar-refractivity contribution < 1.29 is 13.6 Å². The first kappa shape index (κ1) is 13.2. The van der Waals surface area contributed by atoms with Crippen LogP contribution in [0.1, 0.15) is 11.1 Å². The molecule has 2 rings (SSSR count). The van der Waals surface area contributed by atoms with E-state index in [4.69, 9.17) is 0 Å². The number of hydrogen-bond donors (Lipinski definition) is 1. The van der Waals surface area contributed by atoms with E-state index in [0.29, 0.717) is 0 Å². The lowest BCUT2D eigenvalue weighted by Crippen LogP contribution is -2.16. The van der Waals surface area contributed by atoms with Crippen molar-refractivity contribution in [1.29, 1.82) is 0 Å². The Morgan fingerprint density at radius 1 is 1.11 bits per heavy atom. The Labute approximate surface area is 110 Å². The van der Waals surface area contributed by atoms with Crippen molar-refractivity contribution in [3.8, 4) is 0 Å². The fourth-order valence-corrected chi connectivity index (χ4v) is 1.81. The van der Waals surface area contributed by atoms with Gasteiger partial charge >= 0.3 is 0 Å². The minimum Gasteiger partial charge on any atom is -0.321 e. The summed E-state index contributed by atoms with van der Waals surface area (Å²) in [6, 6.07) is 10.9. The van der Waals surface area contributed by atoms with Gasteiger partial charge in [-0.2, -0.15) is 0 Å². The molecule has 0 unspecified atom stereocenters. The van der Waals surface area contributed by atoms with E-state index in [1.54, 1.807) is 6.07 Å². The van der Waals surface area contributed by atoms with Crippen molar-refractivity contribution in [2.45, 2.75) is 13.3 Å². The SMILES string of the molecule is Cc1cccc(CC(=O)Nc2c(F)cccc2F)c1. The molecule has 4 heteroatoms. The number of nitrogens with one attached hydrogen (secondary N) is 1. The van der Waals surface area contributed by atoms with E-state index in [0.717, 1.165) is 23.3 Å². The van der Waals surface area contributed by atoms with Crippen LogP contribution in [0.15, 0.2) is 42.5 Å². The number of para-hydroxylation sites is 1. The van der Waals surface area contributed by atoms with Gasteiger partial charge in [0, 0.05) is 0 Å². The monoisotopic (exact) mass is 261 g/mol.